The number of ketones is 2. The minimum absolute atomic E-state index is 0.0471. The first-order valence-corrected chi connectivity index (χ1v) is 5.06. The molecule has 7 heteroatoms. The van der Waals surface area contributed by atoms with Crippen molar-refractivity contribution in [1.82, 2.24) is 0 Å². The van der Waals surface area contributed by atoms with Crippen LogP contribution in [-0.4, -0.2) is 28.9 Å². The molecule has 0 saturated heterocycles. The molecular formula is C11H6F3NO2S. The van der Waals surface area contributed by atoms with E-state index in [1.54, 1.807) is 11.2 Å². The third-order valence-corrected chi connectivity index (χ3v) is 2.12. The molecule has 1 atom stereocenters. The number of aliphatic imine (C=N–C) groups is 1. The van der Waals surface area contributed by atoms with Gasteiger partial charge >= 0.3 is 6.18 Å². The number of carbonyl (C=O) groups is 2. The Hall–Kier alpha value is -1.85. The largest absolute Gasteiger partial charge is 0.452 e. The Kier molecular flexibility index (Phi) is 4.47. The predicted octanol–water partition coefficient (Wildman–Crippen LogP) is 2.47. The molecule has 1 aromatic carbocycles. The van der Waals surface area contributed by atoms with Crippen molar-refractivity contribution in [2.45, 2.75) is 12.2 Å². The molecule has 0 bridgehead atoms. The minimum Gasteiger partial charge on any atom is -0.291 e. The van der Waals surface area contributed by atoms with Gasteiger partial charge in [0.15, 0.2) is 11.8 Å². The van der Waals surface area contributed by atoms with E-state index in [9.17, 15) is 22.8 Å². The second-order valence-corrected chi connectivity index (χ2v) is 3.40. The van der Waals surface area contributed by atoms with Gasteiger partial charge in [-0.3, -0.25) is 9.59 Å². The molecule has 0 amide bonds. The average Bonchev–Trinajstić information content (AvgIpc) is 2.34. The van der Waals surface area contributed by atoms with Gasteiger partial charge in [0, 0.05) is 5.56 Å². The van der Waals surface area contributed by atoms with Crippen molar-refractivity contribution in [1.29, 1.82) is 0 Å². The molecule has 0 fully saturated rings. The summed E-state index contributed by atoms with van der Waals surface area (Å²) >= 11 is 4.15. The third kappa shape index (κ3) is 3.32. The zero-order valence-corrected chi connectivity index (χ0v) is 9.59. The van der Waals surface area contributed by atoms with Gasteiger partial charge in [0.2, 0.25) is 0 Å². The lowest BCUT2D eigenvalue weighted by Crippen LogP contribution is -2.38. The van der Waals surface area contributed by atoms with Crippen LogP contribution in [0.25, 0.3) is 0 Å². The Morgan fingerprint density at radius 1 is 1.22 bits per heavy atom. The number of nitrogens with zero attached hydrogens (tertiary/aromatic N) is 1. The van der Waals surface area contributed by atoms with Crippen molar-refractivity contribution in [3.8, 4) is 0 Å². The summed E-state index contributed by atoms with van der Waals surface area (Å²) in [6.45, 7) is 0. The number of Topliss-reactive ketones (excluding diaryl/α,β-unsaturated/α-hetero) is 2. The number of alkyl halides is 3. The van der Waals surface area contributed by atoms with Crippen molar-refractivity contribution in [2.75, 3.05) is 0 Å². The second-order valence-electron chi connectivity index (χ2n) is 3.22. The fraction of sp³-hybridized carbons (Fsp3) is 0.182. The van der Waals surface area contributed by atoms with Gasteiger partial charge in [0.1, 0.15) is 0 Å². The number of isothiocyanates is 1. The first-order valence-electron chi connectivity index (χ1n) is 4.65. The van der Waals surface area contributed by atoms with Crippen LogP contribution in [0.1, 0.15) is 10.4 Å². The van der Waals surface area contributed by atoms with Crippen molar-refractivity contribution in [3.05, 3.63) is 35.9 Å². The van der Waals surface area contributed by atoms with E-state index in [1.165, 1.54) is 24.3 Å². The van der Waals surface area contributed by atoms with Gasteiger partial charge in [-0.25, -0.2) is 4.99 Å². The number of thiocarbonyl (C=S) groups is 1. The molecule has 3 nitrogen and oxygen atoms in total. The van der Waals surface area contributed by atoms with Gasteiger partial charge in [-0.05, 0) is 12.2 Å². The molecule has 1 aromatic rings. The summed E-state index contributed by atoms with van der Waals surface area (Å²) in [4.78, 5) is 25.8. The molecule has 0 radical (unpaired) electrons. The third-order valence-electron chi connectivity index (χ3n) is 2.02. The maximum Gasteiger partial charge on any atom is 0.452 e. The SMILES string of the molecule is O=C(c1ccccc1)C(N=C=S)C(=O)C(F)(F)F. The number of benzene rings is 1. The first kappa shape index (κ1) is 14.2. The van der Waals surface area contributed by atoms with E-state index in [4.69, 9.17) is 0 Å². The van der Waals surface area contributed by atoms with Crippen LogP contribution in [0.3, 0.4) is 0 Å². The molecule has 0 saturated carbocycles. The number of halogens is 3. The fourth-order valence-corrected chi connectivity index (χ4v) is 1.31. The molecule has 94 valence electrons. The molecular weight excluding hydrogens is 267 g/mol. The molecule has 0 heterocycles. The number of carbonyl (C=O) groups excluding carboxylic acids is 2. The van der Waals surface area contributed by atoms with Crippen LogP contribution in [-0.2, 0) is 4.79 Å². The Balaban J connectivity index is 3.12. The zero-order valence-electron chi connectivity index (χ0n) is 8.77. The Morgan fingerprint density at radius 3 is 2.22 bits per heavy atom. The summed E-state index contributed by atoms with van der Waals surface area (Å²) in [5.41, 5.74) is -0.0471. The molecule has 0 aromatic heterocycles. The smallest absolute Gasteiger partial charge is 0.291 e. The van der Waals surface area contributed by atoms with Crippen molar-refractivity contribution in [3.63, 3.8) is 0 Å². The number of hydrogen-bond acceptors (Lipinski definition) is 4. The van der Waals surface area contributed by atoms with Crippen LogP contribution in [0.5, 0.6) is 0 Å². The van der Waals surface area contributed by atoms with Crippen molar-refractivity contribution in [2.24, 2.45) is 4.99 Å². The second kappa shape index (κ2) is 5.66. The molecule has 0 aliphatic carbocycles. The van der Waals surface area contributed by atoms with Crippen molar-refractivity contribution >= 4 is 28.9 Å². The van der Waals surface area contributed by atoms with Gasteiger partial charge in [-0.15, -0.1) is 0 Å². The van der Waals surface area contributed by atoms with Crippen LogP contribution in [0.15, 0.2) is 35.3 Å². The predicted molar refractivity (Wildman–Crippen MR) is 60.6 cm³/mol. The van der Waals surface area contributed by atoms with E-state index in [2.05, 4.69) is 17.2 Å². The normalized spacial score (nSPS) is 12.4. The fourth-order valence-electron chi connectivity index (χ4n) is 1.20. The van der Waals surface area contributed by atoms with E-state index in [0.29, 0.717) is 0 Å². The summed E-state index contributed by atoms with van der Waals surface area (Å²) in [6.07, 6.45) is -5.15. The van der Waals surface area contributed by atoms with Crippen LogP contribution in [0.4, 0.5) is 13.2 Å². The average molecular weight is 273 g/mol. The molecule has 0 N–H and O–H groups in total. The molecule has 1 unspecified atom stereocenters. The summed E-state index contributed by atoms with van der Waals surface area (Å²) in [7, 11) is 0. The highest BCUT2D eigenvalue weighted by Crippen LogP contribution is 2.21. The van der Waals surface area contributed by atoms with Gasteiger partial charge in [0.05, 0.1) is 5.16 Å². The van der Waals surface area contributed by atoms with E-state index in [-0.39, 0.29) is 5.56 Å². The Labute approximate surface area is 105 Å². The highest BCUT2D eigenvalue weighted by molar-refractivity contribution is 7.78. The summed E-state index contributed by atoms with van der Waals surface area (Å²) in [6, 6.07) is 4.87. The van der Waals surface area contributed by atoms with Gasteiger partial charge in [0.25, 0.3) is 5.78 Å². The highest BCUT2D eigenvalue weighted by atomic mass is 32.1. The highest BCUT2D eigenvalue weighted by Gasteiger charge is 2.46. The van der Waals surface area contributed by atoms with Gasteiger partial charge in [-0.2, -0.15) is 13.2 Å². The topological polar surface area (TPSA) is 46.5 Å². The monoisotopic (exact) mass is 273 g/mol. The number of rotatable bonds is 4. The van der Waals surface area contributed by atoms with Crippen LogP contribution >= 0.6 is 12.2 Å². The Bertz CT molecular complexity index is 507. The number of hydrogen-bond donors (Lipinski definition) is 0. The van der Waals surface area contributed by atoms with Gasteiger partial charge in [-0.1, -0.05) is 30.3 Å². The quantitative estimate of drug-likeness (QED) is 0.366. The molecule has 0 aliphatic heterocycles. The maximum absolute atomic E-state index is 12.3. The van der Waals surface area contributed by atoms with E-state index >= 15 is 0 Å². The summed E-state index contributed by atoms with van der Waals surface area (Å²) in [5, 5.41) is 1.64. The zero-order chi connectivity index (χ0) is 13.8. The Morgan fingerprint density at radius 2 is 1.78 bits per heavy atom. The van der Waals surface area contributed by atoms with Crippen molar-refractivity contribution < 1.29 is 22.8 Å². The van der Waals surface area contributed by atoms with Gasteiger partial charge < -0.3 is 0 Å². The van der Waals surface area contributed by atoms with Crippen LogP contribution < -0.4 is 0 Å². The summed E-state index contributed by atoms with van der Waals surface area (Å²) in [5.74, 6) is -3.32. The first-order chi connectivity index (χ1) is 8.38. The van der Waals surface area contributed by atoms with Crippen LogP contribution in [0, 0.1) is 0 Å². The lowest BCUT2D eigenvalue weighted by Gasteiger charge is -2.11. The summed E-state index contributed by atoms with van der Waals surface area (Å²) < 4.78 is 36.8. The van der Waals surface area contributed by atoms with E-state index in [1.807, 2.05) is 0 Å². The van der Waals surface area contributed by atoms with E-state index < -0.39 is 23.8 Å². The molecule has 0 aliphatic rings. The van der Waals surface area contributed by atoms with Crippen LogP contribution in [0.2, 0.25) is 0 Å². The molecule has 0 spiro atoms. The molecule has 1 rings (SSSR count). The lowest BCUT2D eigenvalue weighted by atomic mass is 10.0. The lowest BCUT2D eigenvalue weighted by molar-refractivity contribution is -0.171. The minimum atomic E-state index is -5.15. The standard InChI is InChI=1S/C11H6F3NO2S/c12-11(13,14)10(17)8(15-6-18)9(16)7-4-2-1-3-5-7/h1-5,8H. The van der Waals surface area contributed by atoms with E-state index in [0.717, 1.165) is 0 Å². The maximum atomic E-state index is 12.3. The molecule has 18 heavy (non-hydrogen) atoms.